The third-order valence-corrected chi connectivity index (χ3v) is 3.01. The number of nitrogens with zero attached hydrogens (tertiary/aromatic N) is 1. The summed E-state index contributed by atoms with van der Waals surface area (Å²) in [6, 6.07) is 18.8. The van der Waals surface area contributed by atoms with Crippen molar-refractivity contribution in [3.05, 3.63) is 60.2 Å². The van der Waals surface area contributed by atoms with Gasteiger partial charge in [0.25, 0.3) is 0 Å². The molecule has 17 heavy (non-hydrogen) atoms. The monoisotopic (exact) mass is 220 g/mol. The van der Waals surface area contributed by atoms with Crippen LogP contribution < -0.4 is 5.84 Å². The van der Waals surface area contributed by atoms with Crippen molar-refractivity contribution in [1.82, 2.24) is 0 Å². The van der Waals surface area contributed by atoms with E-state index in [-0.39, 0.29) is 0 Å². The fraction of sp³-hybridized carbons (Fsp3) is 0. The first kappa shape index (κ1) is 9.85. The molecular weight excluding hydrogens is 208 g/mol. The Hall–Kier alpha value is -2.35. The molecule has 3 aromatic rings. The smallest absolute Gasteiger partial charge is 0.0544 e. The van der Waals surface area contributed by atoms with Crippen LogP contribution in [0.4, 0.5) is 0 Å². The van der Waals surface area contributed by atoms with Gasteiger partial charge in [-0.2, -0.15) is 5.10 Å². The average Bonchev–Trinajstić information content (AvgIpc) is 2.39. The molecule has 0 spiro atoms. The van der Waals surface area contributed by atoms with Gasteiger partial charge in [0.2, 0.25) is 0 Å². The Balaban J connectivity index is 2.54. The Morgan fingerprint density at radius 3 is 2.24 bits per heavy atom. The molecule has 0 aliphatic carbocycles. The quantitative estimate of drug-likeness (QED) is 0.290. The van der Waals surface area contributed by atoms with Crippen molar-refractivity contribution in [1.29, 1.82) is 0 Å². The number of benzene rings is 3. The standard InChI is InChI=1S/C15H12N2/c16-17-10-12-9-11-5-1-2-6-13(11)15-8-4-3-7-14(12)15/h1-10H,16H2. The van der Waals surface area contributed by atoms with E-state index in [0.717, 1.165) is 5.56 Å². The van der Waals surface area contributed by atoms with Crippen molar-refractivity contribution in [3.8, 4) is 0 Å². The topological polar surface area (TPSA) is 38.4 Å². The molecule has 3 aromatic carbocycles. The van der Waals surface area contributed by atoms with E-state index < -0.39 is 0 Å². The lowest BCUT2D eigenvalue weighted by atomic mass is 9.98. The normalized spacial score (nSPS) is 11.5. The van der Waals surface area contributed by atoms with Crippen LogP contribution in [0.3, 0.4) is 0 Å². The Kier molecular flexibility index (Phi) is 2.26. The van der Waals surface area contributed by atoms with Crippen LogP contribution in [0.5, 0.6) is 0 Å². The molecule has 0 atom stereocenters. The largest absolute Gasteiger partial charge is 0.323 e. The molecular formula is C15H12N2. The summed E-state index contributed by atoms with van der Waals surface area (Å²) in [7, 11) is 0. The predicted octanol–water partition coefficient (Wildman–Crippen LogP) is 3.29. The van der Waals surface area contributed by atoms with E-state index in [9.17, 15) is 0 Å². The summed E-state index contributed by atoms with van der Waals surface area (Å²) in [5, 5.41) is 8.53. The van der Waals surface area contributed by atoms with Crippen molar-refractivity contribution in [2.24, 2.45) is 10.9 Å². The van der Waals surface area contributed by atoms with E-state index in [1.165, 1.54) is 21.5 Å². The molecule has 0 aromatic heterocycles. The first-order valence-electron chi connectivity index (χ1n) is 5.54. The van der Waals surface area contributed by atoms with Gasteiger partial charge in [-0.1, -0.05) is 48.5 Å². The fourth-order valence-electron chi connectivity index (χ4n) is 2.27. The maximum absolute atomic E-state index is 5.27. The van der Waals surface area contributed by atoms with Gasteiger partial charge in [-0.15, -0.1) is 0 Å². The van der Waals surface area contributed by atoms with Crippen LogP contribution in [0.25, 0.3) is 21.5 Å². The summed E-state index contributed by atoms with van der Waals surface area (Å²) in [5.74, 6) is 5.27. The maximum Gasteiger partial charge on any atom is 0.0544 e. The second-order valence-electron chi connectivity index (χ2n) is 4.01. The zero-order valence-corrected chi connectivity index (χ0v) is 9.30. The lowest BCUT2D eigenvalue weighted by molar-refractivity contribution is 1.26. The molecule has 2 N–H and O–H groups in total. The molecule has 0 amide bonds. The molecule has 0 saturated carbocycles. The van der Waals surface area contributed by atoms with E-state index in [4.69, 9.17) is 5.84 Å². The first-order chi connectivity index (χ1) is 8.40. The minimum absolute atomic E-state index is 1.06. The van der Waals surface area contributed by atoms with Gasteiger partial charge in [0.1, 0.15) is 0 Å². The zero-order chi connectivity index (χ0) is 11.7. The van der Waals surface area contributed by atoms with Crippen LogP contribution in [0, 0.1) is 0 Å². The van der Waals surface area contributed by atoms with Crippen LogP contribution in [-0.2, 0) is 0 Å². The van der Waals surface area contributed by atoms with Gasteiger partial charge in [-0.25, -0.2) is 0 Å². The molecule has 82 valence electrons. The Morgan fingerprint density at radius 2 is 1.47 bits per heavy atom. The molecule has 0 heterocycles. The molecule has 3 rings (SSSR count). The number of hydrogen-bond acceptors (Lipinski definition) is 2. The summed E-state index contributed by atoms with van der Waals surface area (Å²) >= 11 is 0. The molecule has 0 aliphatic rings. The van der Waals surface area contributed by atoms with E-state index in [1.54, 1.807) is 6.21 Å². The van der Waals surface area contributed by atoms with Crippen molar-refractivity contribution >= 4 is 27.8 Å². The Morgan fingerprint density at radius 1 is 0.824 bits per heavy atom. The van der Waals surface area contributed by atoms with E-state index in [1.807, 2.05) is 12.1 Å². The molecule has 0 bridgehead atoms. The highest BCUT2D eigenvalue weighted by Crippen LogP contribution is 2.27. The van der Waals surface area contributed by atoms with Gasteiger partial charge < -0.3 is 5.84 Å². The predicted molar refractivity (Wildman–Crippen MR) is 73.2 cm³/mol. The third kappa shape index (κ3) is 1.54. The number of fused-ring (bicyclic) bond motifs is 3. The highest BCUT2D eigenvalue weighted by molar-refractivity contribution is 6.14. The van der Waals surface area contributed by atoms with Gasteiger partial charge in [0.05, 0.1) is 6.21 Å². The lowest BCUT2D eigenvalue weighted by Crippen LogP contribution is -1.89. The van der Waals surface area contributed by atoms with E-state index >= 15 is 0 Å². The number of hydrazone groups is 1. The van der Waals surface area contributed by atoms with Gasteiger partial charge in [-0.3, -0.25) is 0 Å². The van der Waals surface area contributed by atoms with Crippen molar-refractivity contribution in [2.75, 3.05) is 0 Å². The van der Waals surface area contributed by atoms with E-state index in [0.29, 0.717) is 0 Å². The highest BCUT2D eigenvalue weighted by Gasteiger charge is 2.03. The molecule has 2 nitrogen and oxygen atoms in total. The first-order valence-corrected chi connectivity index (χ1v) is 5.54. The van der Waals surface area contributed by atoms with Crippen molar-refractivity contribution in [2.45, 2.75) is 0 Å². The van der Waals surface area contributed by atoms with Crippen LogP contribution >= 0.6 is 0 Å². The van der Waals surface area contributed by atoms with E-state index in [2.05, 4.69) is 47.6 Å². The van der Waals surface area contributed by atoms with Crippen molar-refractivity contribution < 1.29 is 0 Å². The SMILES string of the molecule is NN=Cc1cc2ccccc2c2ccccc12. The minimum atomic E-state index is 1.06. The van der Waals surface area contributed by atoms with Crippen LogP contribution in [-0.4, -0.2) is 6.21 Å². The average molecular weight is 220 g/mol. The highest BCUT2D eigenvalue weighted by atomic mass is 15.1. The Bertz CT molecular complexity index is 714. The molecule has 0 radical (unpaired) electrons. The Labute approximate surface area is 99.4 Å². The third-order valence-electron chi connectivity index (χ3n) is 3.01. The number of rotatable bonds is 1. The summed E-state index contributed by atoms with van der Waals surface area (Å²) in [4.78, 5) is 0. The van der Waals surface area contributed by atoms with Gasteiger partial charge in [0, 0.05) is 5.56 Å². The second kappa shape index (κ2) is 3.91. The molecule has 0 aliphatic heterocycles. The molecule has 0 saturated heterocycles. The van der Waals surface area contributed by atoms with Crippen LogP contribution in [0.15, 0.2) is 59.7 Å². The summed E-state index contributed by atoms with van der Waals surface area (Å²) < 4.78 is 0. The molecule has 2 heteroatoms. The summed E-state index contributed by atoms with van der Waals surface area (Å²) in [6.45, 7) is 0. The number of nitrogens with two attached hydrogens (primary N) is 1. The van der Waals surface area contributed by atoms with Crippen LogP contribution in [0.2, 0.25) is 0 Å². The fourth-order valence-corrected chi connectivity index (χ4v) is 2.27. The second-order valence-corrected chi connectivity index (χ2v) is 4.01. The minimum Gasteiger partial charge on any atom is -0.323 e. The van der Waals surface area contributed by atoms with Crippen LogP contribution in [0.1, 0.15) is 5.56 Å². The van der Waals surface area contributed by atoms with Gasteiger partial charge in [0.15, 0.2) is 0 Å². The van der Waals surface area contributed by atoms with Gasteiger partial charge in [-0.05, 0) is 27.6 Å². The zero-order valence-electron chi connectivity index (χ0n) is 9.30. The van der Waals surface area contributed by atoms with Gasteiger partial charge >= 0.3 is 0 Å². The number of hydrogen-bond donors (Lipinski definition) is 1. The summed E-state index contributed by atoms with van der Waals surface area (Å²) in [6.07, 6.45) is 1.70. The van der Waals surface area contributed by atoms with Crippen molar-refractivity contribution in [3.63, 3.8) is 0 Å². The molecule has 0 fully saturated rings. The maximum atomic E-state index is 5.27. The summed E-state index contributed by atoms with van der Waals surface area (Å²) in [5.41, 5.74) is 1.06. The lowest BCUT2D eigenvalue weighted by Gasteiger charge is -2.06. The molecule has 0 unspecified atom stereocenters.